The van der Waals surface area contributed by atoms with E-state index < -0.39 is 0 Å². The first-order valence-electron chi connectivity index (χ1n) is 7.23. The van der Waals surface area contributed by atoms with E-state index in [1.165, 1.54) is 19.3 Å². The van der Waals surface area contributed by atoms with Gasteiger partial charge in [0.25, 0.3) is 0 Å². The average Bonchev–Trinajstić information content (AvgIpc) is 2.41. The Morgan fingerprint density at radius 3 is 2.56 bits per heavy atom. The normalized spacial score (nSPS) is 28.1. The summed E-state index contributed by atoms with van der Waals surface area (Å²) in [5.74, 6) is 0.356. The van der Waals surface area contributed by atoms with Gasteiger partial charge in [-0.15, -0.1) is 0 Å². The minimum atomic E-state index is -0.307. The van der Waals surface area contributed by atoms with Gasteiger partial charge in [-0.05, 0) is 18.8 Å². The molecule has 18 heavy (non-hydrogen) atoms. The fraction of sp³-hybridized carbons (Fsp3) is 0.857. The summed E-state index contributed by atoms with van der Waals surface area (Å²) in [6, 6.07) is -0.0120. The molecule has 0 aromatic rings. The van der Waals surface area contributed by atoms with Gasteiger partial charge in [-0.2, -0.15) is 0 Å². The van der Waals surface area contributed by atoms with E-state index in [0.29, 0.717) is 6.04 Å². The molecular weight excluding hydrogens is 228 g/mol. The fourth-order valence-corrected chi connectivity index (χ4v) is 3.02. The fourth-order valence-electron chi connectivity index (χ4n) is 3.02. The van der Waals surface area contributed by atoms with Crippen molar-refractivity contribution in [1.82, 2.24) is 10.2 Å². The van der Waals surface area contributed by atoms with Gasteiger partial charge < -0.3 is 10.2 Å². The molecule has 1 saturated carbocycles. The molecule has 102 valence electrons. The van der Waals surface area contributed by atoms with Crippen molar-refractivity contribution in [3.63, 3.8) is 0 Å². The van der Waals surface area contributed by atoms with E-state index >= 15 is 0 Å². The van der Waals surface area contributed by atoms with Crippen LogP contribution in [-0.2, 0) is 9.59 Å². The number of piperazine rings is 1. The van der Waals surface area contributed by atoms with Crippen molar-refractivity contribution in [2.45, 2.75) is 64.5 Å². The third-order valence-electron chi connectivity index (χ3n) is 4.41. The van der Waals surface area contributed by atoms with Gasteiger partial charge in [-0.1, -0.05) is 39.5 Å². The highest BCUT2D eigenvalue weighted by Crippen LogP contribution is 2.25. The number of hydrogen-bond donors (Lipinski definition) is 1. The molecule has 2 aliphatic rings. The lowest BCUT2D eigenvalue weighted by molar-refractivity contribution is -0.148. The van der Waals surface area contributed by atoms with Gasteiger partial charge in [0, 0.05) is 6.04 Å². The quantitative estimate of drug-likeness (QED) is 0.831. The molecule has 1 N–H and O–H groups in total. The van der Waals surface area contributed by atoms with Crippen LogP contribution in [0.25, 0.3) is 0 Å². The topological polar surface area (TPSA) is 49.4 Å². The molecule has 4 nitrogen and oxygen atoms in total. The largest absolute Gasteiger partial charge is 0.342 e. The van der Waals surface area contributed by atoms with Crippen molar-refractivity contribution < 1.29 is 9.59 Å². The summed E-state index contributed by atoms with van der Waals surface area (Å²) in [6.07, 6.45) is 6.67. The Kier molecular flexibility index (Phi) is 4.25. The van der Waals surface area contributed by atoms with Gasteiger partial charge in [0.2, 0.25) is 11.8 Å². The van der Waals surface area contributed by atoms with Crippen LogP contribution >= 0.6 is 0 Å². The molecule has 0 radical (unpaired) electrons. The van der Waals surface area contributed by atoms with Crippen molar-refractivity contribution in [3.05, 3.63) is 0 Å². The Balaban J connectivity index is 2.09. The third kappa shape index (κ3) is 2.68. The summed E-state index contributed by atoms with van der Waals surface area (Å²) < 4.78 is 0. The predicted octanol–water partition coefficient (Wildman–Crippen LogP) is 1.69. The maximum absolute atomic E-state index is 12.5. The minimum Gasteiger partial charge on any atom is -0.342 e. The Morgan fingerprint density at radius 2 is 1.94 bits per heavy atom. The second-order valence-electron chi connectivity index (χ2n) is 5.69. The molecule has 2 atom stereocenters. The first kappa shape index (κ1) is 13.4. The molecule has 2 amide bonds. The van der Waals surface area contributed by atoms with Crippen molar-refractivity contribution in [1.29, 1.82) is 0 Å². The molecular formula is C14H24N2O2. The Morgan fingerprint density at radius 1 is 1.28 bits per heavy atom. The van der Waals surface area contributed by atoms with Crippen molar-refractivity contribution >= 4 is 11.8 Å². The van der Waals surface area contributed by atoms with Gasteiger partial charge in [0.05, 0.1) is 6.54 Å². The first-order valence-corrected chi connectivity index (χ1v) is 7.23. The molecule has 0 aromatic carbocycles. The van der Waals surface area contributed by atoms with E-state index in [-0.39, 0.29) is 30.3 Å². The van der Waals surface area contributed by atoms with Crippen LogP contribution in [0, 0.1) is 5.92 Å². The molecule has 0 bridgehead atoms. The highest BCUT2D eigenvalue weighted by Gasteiger charge is 2.38. The monoisotopic (exact) mass is 252 g/mol. The maximum atomic E-state index is 12.5. The molecule has 4 heteroatoms. The minimum absolute atomic E-state index is 0.00507. The second kappa shape index (κ2) is 5.72. The van der Waals surface area contributed by atoms with Gasteiger partial charge in [-0.3, -0.25) is 9.59 Å². The van der Waals surface area contributed by atoms with E-state index in [1.807, 2.05) is 11.8 Å². The number of carbonyl (C=O) groups excluding carboxylic acids is 2. The molecule has 0 spiro atoms. The van der Waals surface area contributed by atoms with E-state index in [2.05, 4.69) is 12.2 Å². The van der Waals surface area contributed by atoms with Gasteiger partial charge in [0.1, 0.15) is 6.04 Å². The van der Waals surface area contributed by atoms with Crippen LogP contribution in [0.15, 0.2) is 0 Å². The lowest BCUT2D eigenvalue weighted by Crippen LogP contribution is -2.62. The summed E-state index contributed by atoms with van der Waals surface area (Å²) in [5.41, 5.74) is 0. The van der Waals surface area contributed by atoms with E-state index in [1.54, 1.807) is 0 Å². The summed E-state index contributed by atoms with van der Waals surface area (Å²) in [6.45, 7) is 4.35. The number of nitrogens with one attached hydrogen (secondary N) is 1. The molecule has 0 aromatic heterocycles. The Labute approximate surface area is 109 Å². The van der Waals surface area contributed by atoms with Crippen LogP contribution in [0.5, 0.6) is 0 Å². The molecule has 1 aliphatic heterocycles. The van der Waals surface area contributed by atoms with Gasteiger partial charge in [0.15, 0.2) is 0 Å². The smallest absolute Gasteiger partial charge is 0.246 e. The molecule has 2 unspecified atom stereocenters. The van der Waals surface area contributed by atoms with Gasteiger partial charge in [-0.25, -0.2) is 0 Å². The highest BCUT2D eigenvalue weighted by atomic mass is 16.2. The second-order valence-corrected chi connectivity index (χ2v) is 5.69. The maximum Gasteiger partial charge on any atom is 0.246 e. The third-order valence-corrected chi connectivity index (χ3v) is 4.41. The Hall–Kier alpha value is -1.06. The van der Waals surface area contributed by atoms with Crippen LogP contribution in [0.1, 0.15) is 52.4 Å². The lowest BCUT2D eigenvalue weighted by atomic mass is 9.90. The summed E-state index contributed by atoms with van der Waals surface area (Å²) in [7, 11) is 0. The van der Waals surface area contributed by atoms with Crippen molar-refractivity contribution in [2.75, 3.05) is 6.54 Å². The SMILES string of the molecule is CCC(C)C1NC(=O)CN(C2CCCCC2)C1=O. The average molecular weight is 252 g/mol. The zero-order valence-corrected chi connectivity index (χ0v) is 11.4. The van der Waals surface area contributed by atoms with E-state index in [4.69, 9.17) is 0 Å². The van der Waals surface area contributed by atoms with Crippen LogP contribution in [0.2, 0.25) is 0 Å². The first-order chi connectivity index (χ1) is 8.63. The van der Waals surface area contributed by atoms with Crippen LogP contribution in [-0.4, -0.2) is 35.3 Å². The zero-order valence-electron chi connectivity index (χ0n) is 11.4. The van der Waals surface area contributed by atoms with Crippen LogP contribution in [0.4, 0.5) is 0 Å². The summed E-state index contributed by atoms with van der Waals surface area (Å²) in [5, 5.41) is 2.86. The van der Waals surface area contributed by atoms with Gasteiger partial charge >= 0.3 is 0 Å². The molecule has 2 rings (SSSR count). The number of amides is 2. The molecule has 1 saturated heterocycles. The summed E-state index contributed by atoms with van der Waals surface area (Å²) >= 11 is 0. The molecule has 1 heterocycles. The van der Waals surface area contributed by atoms with Crippen molar-refractivity contribution in [3.8, 4) is 0 Å². The number of carbonyl (C=O) groups is 2. The predicted molar refractivity (Wildman–Crippen MR) is 70.0 cm³/mol. The van der Waals surface area contributed by atoms with Crippen molar-refractivity contribution in [2.24, 2.45) is 5.92 Å². The number of rotatable bonds is 3. The zero-order chi connectivity index (χ0) is 13.1. The summed E-state index contributed by atoms with van der Waals surface area (Å²) in [4.78, 5) is 26.1. The van der Waals surface area contributed by atoms with E-state index in [0.717, 1.165) is 19.3 Å². The number of nitrogens with zero attached hydrogens (tertiary/aromatic N) is 1. The molecule has 1 aliphatic carbocycles. The highest BCUT2D eigenvalue weighted by molar-refractivity contribution is 5.95. The van der Waals surface area contributed by atoms with E-state index in [9.17, 15) is 9.59 Å². The Bertz CT molecular complexity index is 324. The lowest BCUT2D eigenvalue weighted by Gasteiger charge is -2.41. The molecule has 2 fully saturated rings. The standard InChI is InChI=1S/C14H24N2O2/c1-3-10(2)13-14(18)16(9-12(17)15-13)11-7-5-4-6-8-11/h10-11,13H,3-9H2,1-2H3,(H,15,17). The number of hydrogen-bond acceptors (Lipinski definition) is 2. The van der Waals surface area contributed by atoms with Crippen LogP contribution < -0.4 is 5.32 Å². The van der Waals surface area contributed by atoms with Crippen LogP contribution in [0.3, 0.4) is 0 Å².